The first-order valence-corrected chi connectivity index (χ1v) is 43.1. The molecule has 96 heavy (non-hydrogen) atoms. The minimum absolute atomic E-state index is 0.108. The quantitative estimate of drug-likeness (QED) is 0.0222. The number of hydrogen-bond acceptors (Lipinski definition) is 15. The molecule has 0 aromatic rings. The molecule has 0 radical (unpaired) electrons. The minimum atomic E-state index is -4.96. The average molecular weight is 1410 g/mol. The molecule has 0 aliphatic rings. The molecule has 0 bridgehead atoms. The van der Waals surface area contributed by atoms with Gasteiger partial charge in [-0.15, -0.1) is 0 Å². The highest BCUT2D eigenvalue weighted by molar-refractivity contribution is 7.47. The number of rotatable bonds is 77. The fourth-order valence-electron chi connectivity index (χ4n) is 11.9. The third-order valence-electron chi connectivity index (χ3n) is 18.0. The highest BCUT2D eigenvalue weighted by Crippen LogP contribution is 2.45. The van der Waals surface area contributed by atoms with Crippen LogP contribution in [0, 0.1) is 5.92 Å². The Labute approximate surface area is 588 Å². The van der Waals surface area contributed by atoms with Gasteiger partial charge in [-0.05, 0) is 31.6 Å². The number of phosphoric ester groups is 2. The zero-order chi connectivity index (χ0) is 70.5. The summed E-state index contributed by atoms with van der Waals surface area (Å²) in [4.78, 5) is 72.9. The Hall–Kier alpha value is -1.94. The summed E-state index contributed by atoms with van der Waals surface area (Å²) in [6.45, 7) is 7.31. The molecule has 0 saturated heterocycles. The van der Waals surface area contributed by atoms with E-state index >= 15 is 0 Å². The van der Waals surface area contributed by atoms with Crippen molar-refractivity contribution in [3.05, 3.63) is 0 Å². The predicted molar refractivity (Wildman–Crippen MR) is 391 cm³/mol. The van der Waals surface area contributed by atoms with Crippen LogP contribution >= 0.6 is 15.6 Å². The van der Waals surface area contributed by atoms with Crippen molar-refractivity contribution in [3.8, 4) is 0 Å². The van der Waals surface area contributed by atoms with Gasteiger partial charge < -0.3 is 33.8 Å². The Kier molecular flexibility index (Phi) is 68.7. The number of esters is 4. The van der Waals surface area contributed by atoms with Gasteiger partial charge in [-0.1, -0.05) is 356 Å². The number of aliphatic hydroxyl groups is 1. The van der Waals surface area contributed by atoms with Gasteiger partial charge in [-0.25, -0.2) is 9.13 Å². The van der Waals surface area contributed by atoms with Gasteiger partial charge >= 0.3 is 39.5 Å². The van der Waals surface area contributed by atoms with Crippen molar-refractivity contribution in [3.63, 3.8) is 0 Å². The van der Waals surface area contributed by atoms with Crippen LogP contribution in [0.4, 0.5) is 0 Å². The number of phosphoric acid groups is 2. The number of unbranched alkanes of at least 4 members (excludes halogenated alkanes) is 49. The normalized spacial score (nSPS) is 13.9. The molecule has 0 fully saturated rings. The SMILES string of the molecule is CCCCCCCCCCCCCCCCCCCCC(=O)O[C@H](COC(=O)CCCCCCCCCCCCCCC(C)C)COP(=O)(O)OC[C@@H](O)COP(=O)(O)OC[C@@H](COC(=O)CCCCCCCCCCCCC)OC(=O)CCCCCCCCCCCCCC. The molecule has 0 aromatic heterocycles. The van der Waals surface area contributed by atoms with E-state index in [4.69, 9.17) is 37.0 Å². The second kappa shape index (κ2) is 70.1. The van der Waals surface area contributed by atoms with Gasteiger partial charge in [0.1, 0.15) is 19.3 Å². The fraction of sp³-hybridized carbons (Fsp3) is 0.948. The Morgan fingerprint density at radius 2 is 0.479 bits per heavy atom. The molecule has 19 heteroatoms. The van der Waals surface area contributed by atoms with Crippen LogP contribution in [0.25, 0.3) is 0 Å². The van der Waals surface area contributed by atoms with Gasteiger partial charge in [0.2, 0.25) is 0 Å². The van der Waals surface area contributed by atoms with E-state index in [1.165, 1.54) is 231 Å². The van der Waals surface area contributed by atoms with Crippen LogP contribution in [-0.2, 0) is 65.4 Å². The molecule has 0 aliphatic heterocycles. The van der Waals surface area contributed by atoms with Crippen molar-refractivity contribution in [2.45, 2.75) is 425 Å². The van der Waals surface area contributed by atoms with Crippen LogP contribution in [0.5, 0.6) is 0 Å². The summed E-state index contributed by atoms with van der Waals surface area (Å²) in [6.07, 6.45) is 59.5. The third-order valence-corrected chi connectivity index (χ3v) is 19.9. The Morgan fingerprint density at radius 3 is 0.708 bits per heavy atom. The number of ether oxygens (including phenoxy) is 4. The second-order valence-corrected chi connectivity index (χ2v) is 31.1. The monoisotopic (exact) mass is 1410 g/mol. The lowest BCUT2D eigenvalue weighted by Gasteiger charge is -2.21. The van der Waals surface area contributed by atoms with Crippen LogP contribution in [0.1, 0.15) is 407 Å². The molecular weight excluding hydrogens is 1260 g/mol. The first kappa shape index (κ1) is 94.1. The summed E-state index contributed by atoms with van der Waals surface area (Å²) in [7, 11) is -9.91. The van der Waals surface area contributed by atoms with Gasteiger partial charge in [0.05, 0.1) is 26.4 Å². The lowest BCUT2D eigenvalue weighted by Crippen LogP contribution is -2.30. The fourth-order valence-corrected chi connectivity index (χ4v) is 13.5. The standard InChI is InChI=1S/C77H150O17P2/c1-6-9-12-15-18-21-24-26-27-28-29-30-31-38-43-48-53-58-63-77(82)94-73(67-88-75(80)61-56-51-46-41-37-33-32-35-39-44-49-54-59-70(4)5)69-92-96(85,86)90-65-71(78)64-89-95(83,84)91-68-72(66-87-74(79)60-55-50-45-40-34-23-20-17-14-11-8-3)93-76(81)62-57-52-47-42-36-25-22-19-16-13-10-7-2/h70-73,78H,6-69H2,1-5H3,(H,83,84)(H,85,86)/t71-,72+,73+/m0/s1. The molecule has 570 valence electrons. The van der Waals surface area contributed by atoms with E-state index in [1.54, 1.807) is 0 Å². The molecule has 2 unspecified atom stereocenters. The van der Waals surface area contributed by atoms with E-state index in [9.17, 15) is 43.2 Å². The van der Waals surface area contributed by atoms with E-state index < -0.39 is 97.5 Å². The Balaban J connectivity index is 5.24. The van der Waals surface area contributed by atoms with E-state index in [0.29, 0.717) is 25.7 Å². The first-order chi connectivity index (χ1) is 46.5. The van der Waals surface area contributed by atoms with E-state index in [-0.39, 0.29) is 25.7 Å². The van der Waals surface area contributed by atoms with Crippen LogP contribution in [0.2, 0.25) is 0 Å². The van der Waals surface area contributed by atoms with Gasteiger partial charge in [-0.2, -0.15) is 0 Å². The zero-order valence-electron chi connectivity index (χ0n) is 62.5. The van der Waals surface area contributed by atoms with Gasteiger partial charge in [-0.3, -0.25) is 37.3 Å². The van der Waals surface area contributed by atoms with Gasteiger partial charge in [0.15, 0.2) is 12.2 Å². The highest BCUT2D eigenvalue weighted by Gasteiger charge is 2.30. The van der Waals surface area contributed by atoms with Crippen LogP contribution in [0.3, 0.4) is 0 Å². The first-order valence-electron chi connectivity index (χ1n) is 40.1. The van der Waals surface area contributed by atoms with Crippen molar-refractivity contribution in [1.29, 1.82) is 0 Å². The zero-order valence-corrected chi connectivity index (χ0v) is 64.3. The molecule has 0 spiro atoms. The Bertz CT molecular complexity index is 1840. The van der Waals surface area contributed by atoms with Crippen molar-refractivity contribution in [2.24, 2.45) is 5.92 Å². The Morgan fingerprint density at radius 1 is 0.281 bits per heavy atom. The van der Waals surface area contributed by atoms with Crippen LogP contribution in [-0.4, -0.2) is 96.7 Å². The molecule has 0 saturated carbocycles. The molecule has 0 rings (SSSR count). The average Bonchev–Trinajstić information content (AvgIpc) is 1.39. The van der Waals surface area contributed by atoms with E-state index in [2.05, 4.69) is 34.6 Å². The van der Waals surface area contributed by atoms with Crippen molar-refractivity contribution in [2.75, 3.05) is 39.6 Å². The topological polar surface area (TPSA) is 237 Å². The summed E-state index contributed by atoms with van der Waals surface area (Å²) in [5.74, 6) is -1.33. The van der Waals surface area contributed by atoms with Gasteiger partial charge in [0.25, 0.3) is 0 Å². The molecule has 5 atom stereocenters. The summed E-state index contributed by atoms with van der Waals surface area (Å²) in [5, 5.41) is 10.6. The number of carbonyl (C=O) groups excluding carboxylic acids is 4. The lowest BCUT2D eigenvalue weighted by atomic mass is 10.0. The number of carbonyl (C=O) groups is 4. The van der Waals surface area contributed by atoms with Crippen LogP contribution < -0.4 is 0 Å². The predicted octanol–water partition coefficient (Wildman–Crippen LogP) is 22.9. The summed E-state index contributed by atoms with van der Waals surface area (Å²) in [6, 6.07) is 0. The molecule has 0 aromatic carbocycles. The van der Waals surface area contributed by atoms with Gasteiger partial charge in [0, 0.05) is 25.7 Å². The van der Waals surface area contributed by atoms with E-state index in [0.717, 1.165) is 95.8 Å². The van der Waals surface area contributed by atoms with Crippen molar-refractivity contribution < 1.29 is 80.2 Å². The summed E-state index contributed by atoms with van der Waals surface area (Å²) in [5.41, 5.74) is 0. The lowest BCUT2D eigenvalue weighted by molar-refractivity contribution is -0.161. The molecule has 0 heterocycles. The van der Waals surface area contributed by atoms with Crippen molar-refractivity contribution >= 4 is 39.5 Å². The maximum Gasteiger partial charge on any atom is 0.472 e. The maximum absolute atomic E-state index is 13.1. The van der Waals surface area contributed by atoms with E-state index in [1.807, 2.05) is 0 Å². The summed E-state index contributed by atoms with van der Waals surface area (Å²) >= 11 is 0. The highest BCUT2D eigenvalue weighted by atomic mass is 31.2. The number of hydrogen-bond donors (Lipinski definition) is 3. The molecule has 0 aliphatic carbocycles. The smallest absolute Gasteiger partial charge is 0.462 e. The molecule has 17 nitrogen and oxygen atoms in total. The minimum Gasteiger partial charge on any atom is -0.462 e. The summed E-state index contributed by atoms with van der Waals surface area (Å²) < 4.78 is 68.6. The molecule has 3 N–H and O–H groups in total. The maximum atomic E-state index is 13.1. The molecule has 0 amide bonds. The van der Waals surface area contributed by atoms with Crippen molar-refractivity contribution in [1.82, 2.24) is 0 Å². The second-order valence-electron chi connectivity index (χ2n) is 28.2. The number of aliphatic hydroxyl groups excluding tert-OH is 1. The third kappa shape index (κ3) is 70.5. The van der Waals surface area contributed by atoms with Crippen LogP contribution in [0.15, 0.2) is 0 Å². The largest absolute Gasteiger partial charge is 0.472 e. The molecular formula is C77H150O17P2.